The van der Waals surface area contributed by atoms with Gasteiger partial charge in [-0.15, -0.1) is 0 Å². The molecule has 1 aliphatic heterocycles. The number of hydrogen-bond acceptors (Lipinski definition) is 5. The molecule has 7 nitrogen and oxygen atoms in total. The lowest BCUT2D eigenvalue weighted by atomic mass is 10.1. The maximum atomic E-state index is 12.5. The number of alkyl halides is 3. The maximum absolute atomic E-state index is 12.5. The van der Waals surface area contributed by atoms with Crippen molar-refractivity contribution in [2.45, 2.75) is 26.1 Å². The summed E-state index contributed by atoms with van der Waals surface area (Å²) in [5.41, 5.74) is 1.18. The van der Waals surface area contributed by atoms with Gasteiger partial charge >= 0.3 is 12.1 Å². The maximum Gasteiger partial charge on any atom is 0.471 e. The predicted octanol–water partition coefficient (Wildman–Crippen LogP) is 2.34. The Labute approximate surface area is 152 Å². The second-order valence-electron chi connectivity index (χ2n) is 6.10. The fraction of sp³-hybridized carbons (Fsp3) is 0.412. The zero-order chi connectivity index (χ0) is 19.6. The molecule has 3 rings (SSSR count). The van der Waals surface area contributed by atoms with E-state index in [1.807, 2.05) is 0 Å². The molecule has 0 radical (unpaired) electrons. The number of piperazine rings is 1. The Morgan fingerprint density at radius 2 is 1.93 bits per heavy atom. The van der Waals surface area contributed by atoms with Gasteiger partial charge in [-0.05, 0) is 5.56 Å². The van der Waals surface area contributed by atoms with Crippen LogP contribution < -0.4 is 0 Å². The highest BCUT2D eigenvalue weighted by atomic mass is 19.4. The molecule has 27 heavy (non-hydrogen) atoms. The van der Waals surface area contributed by atoms with Gasteiger partial charge in [-0.2, -0.15) is 18.2 Å². The minimum Gasteiger partial charge on any atom is -0.335 e. The third-order valence-corrected chi connectivity index (χ3v) is 4.23. The zero-order valence-electron chi connectivity index (χ0n) is 14.5. The van der Waals surface area contributed by atoms with Crippen molar-refractivity contribution in [3.05, 3.63) is 35.7 Å². The highest BCUT2D eigenvalue weighted by Crippen LogP contribution is 2.29. The molecule has 144 valence electrons. The van der Waals surface area contributed by atoms with Gasteiger partial charge in [0.15, 0.2) is 0 Å². The zero-order valence-corrected chi connectivity index (χ0v) is 14.5. The molecule has 0 aliphatic carbocycles. The summed E-state index contributed by atoms with van der Waals surface area (Å²) in [6.07, 6.45) is -4.33. The Morgan fingerprint density at radius 1 is 1.22 bits per heavy atom. The molecule has 1 aromatic heterocycles. The van der Waals surface area contributed by atoms with Crippen molar-refractivity contribution in [2.75, 3.05) is 19.6 Å². The highest BCUT2D eigenvalue weighted by Gasteiger charge is 2.38. The number of amides is 2. The van der Waals surface area contributed by atoms with Gasteiger partial charge in [-0.3, -0.25) is 9.59 Å². The fourth-order valence-electron chi connectivity index (χ4n) is 2.75. The number of halogens is 3. The normalized spacial score (nSPS) is 15.3. The Bertz CT molecular complexity index is 833. The van der Waals surface area contributed by atoms with Gasteiger partial charge in [0.1, 0.15) is 0 Å². The largest absolute Gasteiger partial charge is 0.471 e. The molecular formula is C17H17F3N4O3. The van der Waals surface area contributed by atoms with E-state index in [2.05, 4.69) is 14.7 Å². The summed E-state index contributed by atoms with van der Waals surface area (Å²) >= 11 is 0. The van der Waals surface area contributed by atoms with Crippen LogP contribution >= 0.6 is 0 Å². The van der Waals surface area contributed by atoms with Crippen LogP contribution in [0.3, 0.4) is 0 Å². The molecule has 1 saturated heterocycles. The predicted molar refractivity (Wildman–Crippen MR) is 87.0 cm³/mol. The van der Waals surface area contributed by atoms with E-state index in [1.165, 1.54) is 4.90 Å². The van der Waals surface area contributed by atoms with Crippen molar-refractivity contribution >= 4 is 11.8 Å². The lowest BCUT2D eigenvalue weighted by Gasteiger charge is -2.34. The third-order valence-electron chi connectivity index (χ3n) is 4.23. The number of aromatic nitrogens is 2. The van der Waals surface area contributed by atoms with E-state index in [1.54, 1.807) is 36.1 Å². The topological polar surface area (TPSA) is 79.5 Å². The Morgan fingerprint density at radius 3 is 2.48 bits per heavy atom. The quantitative estimate of drug-likeness (QED) is 0.811. The van der Waals surface area contributed by atoms with E-state index in [0.29, 0.717) is 31.6 Å². The van der Waals surface area contributed by atoms with E-state index >= 15 is 0 Å². The van der Waals surface area contributed by atoms with Crippen molar-refractivity contribution in [1.82, 2.24) is 19.9 Å². The van der Waals surface area contributed by atoms with Gasteiger partial charge < -0.3 is 14.3 Å². The number of hydrogen-bond donors (Lipinski definition) is 0. The van der Waals surface area contributed by atoms with Gasteiger partial charge in [-0.1, -0.05) is 36.3 Å². The monoisotopic (exact) mass is 382 g/mol. The molecule has 0 N–H and O–H groups in total. The average molecular weight is 382 g/mol. The molecule has 0 unspecified atom stereocenters. The highest BCUT2D eigenvalue weighted by molar-refractivity contribution is 5.85. The minimum atomic E-state index is -4.69. The Balaban J connectivity index is 1.64. The van der Waals surface area contributed by atoms with Crippen LogP contribution in [0.15, 0.2) is 28.8 Å². The van der Waals surface area contributed by atoms with Crippen LogP contribution in [0, 0.1) is 0 Å². The second-order valence-corrected chi connectivity index (χ2v) is 6.10. The first kappa shape index (κ1) is 18.9. The minimum absolute atomic E-state index is 0.0503. The van der Waals surface area contributed by atoms with Crippen LogP contribution in [0.5, 0.6) is 0 Å². The van der Waals surface area contributed by atoms with Crippen molar-refractivity contribution < 1.29 is 27.3 Å². The van der Waals surface area contributed by atoms with Crippen molar-refractivity contribution in [3.8, 4) is 11.4 Å². The van der Waals surface area contributed by atoms with Crippen LogP contribution in [0.4, 0.5) is 13.2 Å². The van der Waals surface area contributed by atoms with E-state index < -0.39 is 12.1 Å². The van der Waals surface area contributed by atoms with E-state index in [0.717, 1.165) is 5.56 Å². The number of nitrogens with zero attached hydrogens (tertiary/aromatic N) is 4. The summed E-state index contributed by atoms with van der Waals surface area (Å²) < 4.78 is 41.8. The number of rotatable bonds is 4. The van der Waals surface area contributed by atoms with Gasteiger partial charge in [0.2, 0.25) is 17.6 Å². The molecule has 0 bridgehead atoms. The summed E-state index contributed by atoms with van der Waals surface area (Å²) in [7, 11) is 0. The smallest absolute Gasteiger partial charge is 0.335 e. The summed E-state index contributed by atoms with van der Waals surface area (Å²) in [6, 6.07) is 6.52. The summed E-state index contributed by atoms with van der Waals surface area (Å²) in [4.78, 5) is 30.4. The fourth-order valence-corrected chi connectivity index (χ4v) is 2.75. The lowest BCUT2D eigenvalue weighted by Crippen LogP contribution is -2.51. The van der Waals surface area contributed by atoms with Crippen LogP contribution in [0.1, 0.15) is 24.8 Å². The van der Waals surface area contributed by atoms with Crippen molar-refractivity contribution in [1.29, 1.82) is 0 Å². The lowest BCUT2D eigenvalue weighted by molar-refractivity contribution is -0.159. The number of carbonyl (C=O) groups is 2. The number of benzene rings is 1. The molecule has 2 heterocycles. The van der Waals surface area contributed by atoms with Gasteiger partial charge in [0.25, 0.3) is 0 Å². The first-order valence-corrected chi connectivity index (χ1v) is 8.33. The second kappa shape index (κ2) is 7.37. The van der Waals surface area contributed by atoms with Crippen LogP contribution in [0.25, 0.3) is 11.4 Å². The van der Waals surface area contributed by atoms with Crippen LogP contribution in [-0.2, 0) is 22.3 Å². The SMILES string of the molecule is CCC(=O)N1CCN(Cc2ccc(-c3noc(C(F)(F)F)n3)cc2)C(=O)C1. The van der Waals surface area contributed by atoms with Crippen molar-refractivity contribution in [2.24, 2.45) is 0 Å². The Kier molecular flexibility index (Phi) is 5.15. The van der Waals surface area contributed by atoms with Gasteiger partial charge in [0, 0.05) is 31.6 Å². The molecule has 2 aromatic rings. The molecule has 10 heteroatoms. The van der Waals surface area contributed by atoms with E-state index in [4.69, 9.17) is 0 Å². The van der Waals surface area contributed by atoms with Gasteiger partial charge in [0.05, 0.1) is 6.54 Å². The van der Waals surface area contributed by atoms with Crippen molar-refractivity contribution in [3.63, 3.8) is 0 Å². The molecule has 2 amide bonds. The molecule has 0 atom stereocenters. The number of carbonyl (C=O) groups excluding carboxylic acids is 2. The third kappa shape index (κ3) is 4.26. The Hall–Kier alpha value is -2.91. The molecular weight excluding hydrogens is 365 g/mol. The van der Waals surface area contributed by atoms with E-state index in [9.17, 15) is 22.8 Å². The first-order chi connectivity index (χ1) is 12.8. The standard InChI is InChI=1S/C17H17F3N4O3/c1-2-13(25)24-8-7-23(14(26)10-24)9-11-3-5-12(6-4-11)15-21-16(27-22-15)17(18,19)20/h3-6H,2,7-10H2,1H3. The molecule has 0 saturated carbocycles. The van der Waals surface area contributed by atoms with Crippen LogP contribution in [0.2, 0.25) is 0 Å². The average Bonchev–Trinajstić information content (AvgIpc) is 3.14. The summed E-state index contributed by atoms with van der Waals surface area (Å²) in [5.74, 6) is -1.74. The van der Waals surface area contributed by atoms with Gasteiger partial charge in [-0.25, -0.2) is 0 Å². The summed E-state index contributed by atoms with van der Waals surface area (Å²) in [6.45, 7) is 3.09. The molecule has 1 fully saturated rings. The van der Waals surface area contributed by atoms with E-state index in [-0.39, 0.29) is 24.2 Å². The molecule has 1 aromatic carbocycles. The molecule has 1 aliphatic rings. The van der Waals surface area contributed by atoms with Crippen LogP contribution in [-0.4, -0.2) is 51.4 Å². The molecule has 0 spiro atoms. The first-order valence-electron chi connectivity index (χ1n) is 8.33. The summed E-state index contributed by atoms with van der Waals surface area (Å²) in [5, 5.41) is 3.34.